The first-order valence-corrected chi connectivity index (χ1v) is 9.97. The fraction of sp³-hybridized carbons (Fsp3) is 0.435. The summed E-state index contributed by atoms with van der Waals surface area (Å²) in [4.78, 5) is 15.1. The quantitative estimate of drug-likeness (QED) is 0.720. The third-order valence-electron chi connectivity index (χ3n) is 5.27. The summed E-state index contributed by atoms with van der Waals surface area (Å²) in [5, 5.41) is 3.25. The van der Waals surface area contributed by atoms with Crippen molar-refractivity contribution in [2.75, 3.05) is 33.9 Å². The van der Waals surface area contributed by atoms with E-state index in [1.807, 2.05) is 36.4 Å². The van der Waals surface area contributed by atoms with Gasteiger partial charge in [0.05, 0.1) is 20.3 Å². The number of hydrogen-bond donors (Lipinski definition) is 1. The van der Waals surface area contributed by atoms with Crippen LogP contribution in [0.25, 0.3) is 0 Å². The van der Waals surface area contributed by atoms with E-state index >= 15 is 0 Å². The van der Waals surface area contributed by atoms with Crippen molar-refractivity contribution in [2.45, 2.75) is 31.7 Å². The molecule has 1 aliphatic rings. The lowest BCUT2D eigenvalue weighted by Crippen LogP contribution is -2.37. The molecule has 1 aliphatic heterocycles. The second-order valence-corrected chi connectivity index (χ2v) is 7.23. The lowest BCUT2D eigenvalue weighted by molar-refractivity contribution is -0.121. The largest absolute Gasteiger partial charge is 0.493 e. The van der Waals surface area contributed by atoms with E-state index in [4.69, 9.17) is 9.47 Å². The van der Waals surface area contributed by atoms with Crippen molar-refractivity contribution in [1.82, 2.24) is 10.2 Å². The predicted molar refractivity (Wildman–Crippen MR) is 111 cm³/mol. The summed E-state index contributed by atoms with van der Waals surface area (Å²) in [5.41, 5.74) is 2.22. The Balaban J connectivity index is 1.60. The zero-order valence-electron chi connectivity index (χ0n) is 16.8. The van der Waals surface area contributed by atoms with Gasteiger partial charge in [0, 0.05) is 13.0 Å². The van der Waals surface area contributed by atoms with E-state index in [-0.39, 0.29) is 11.9 Å². The van der Waals surface area contributed by atoms with Crippen molar-refractivity contribution in [3.8, 4) is 11.5 Å². The number of nitrogens with zero attached hydrogens (tertiary/aromatic N) is 1. The van der Waals surface area contributed by atoms with Crippen LogP contribution in [0, 0.1) is 0 Å². The summed E-state index contributed by atoms with van der Waals surface area (Å²) in [6.07, 6.45) is 3.60. The number of methoxy groups -OCH3 is 2. The number of aryl methyl sites for hydroxylation is 1. The van der Waals surface area contributed by atoms with E-state index in [0.29, 0.717) is 24.3 Å². The first-order chi connectivity index (χ1) is 13.7. The highest BCUT2D eigenvalue weighted by Gasteiger charge is 2.20. The lowest BCUT2D eigenvalue weighted by atomic mass is 10.0. The summed E-state index contributed by atoms with van der Waals surface area (Å²) in [7, 11) is 3.24. The predicted octanol–water partition coefficient (Wildman–Crippen LogP) is 3.59. The topological polar surface area (TPSA) is 50.8 Å². The van der Waals surface area contributed by atoms with Gasteiger partial charge in [0.25, 0.3) is 0 Å². The normalized spacial score (nSPS) is 15.2. The van der Waals surface area contributed by atoms with Crippen molar-refractivity contribution in [1.29, 1.82) is 0 Å². The van der Waals surface area contributed by atoms with E-state index in [1.54, 1.807) is 14.2 Å². The lowest BCUT2D eigenvalue weighted by Gasteiger charge is -2.25. The summed E-state index contributed by atoms with van der Waals surface area (Å²) >= 11 is 0. The molecule has 28 heavy (non-hydrogen) atoms. The molecule has 1 unspecified atom stereocenters. The highest BCUT2D eigenvalue weighted by molar-refractivity contribution is 5.76. The van der Waals surface area contributed by atoms with Crippen LogP contribution in [0.1, 0.15) is 36.4 Å². The standard InChI is InChI=1S/C23H30N2O3/c1-27-21-12-10-18(16-22(21)28-2)11-13-23(26)24-20(17-25-14-6-7-15-25)19-8-4-3-5-9-19/h3-5,8-10,12,16,20H,6-7,11,13-15,17H2,1-2H3,(H,24,26). The number of likely N-dealkylation sites (tertiary alicyclic amines) is 1. The molecule has 1 saturated heterocycles. The molecule has 0 radical (unpaired) electrons. The fourth-order valence-corrected chi connectivity index (χ4v) is 3.70. The molecule has 0 aromatic heterocycles. The minimum Gasteiger partial charge on any atom is -0.493 e. The molecule has 150 valence electrons. The number of ether oxygens (including phenoxy) is 2. The van der Waals surface area contributed by atoms with Gasteiger partial charge in [-0.05, 0) is 55.6 Å². The maximum absolute atomic E-state index is 12.7. The Bertz CT molecular complexity index is 758. The average Bonchev–Trinajstić information content (AvgIpc) is 3.25. The first-order valence-electron chi connectivity index (χ1n) is 9.97. The molecule has 0 spiro atoms. The molecule has 5 nitrogen and oxygen atoms in total. The van der Waals surface area contributed by atoms with Gasteiger partial charge in [-0.15, -0.1) is 0 Å². The third-order valence-corrected chi connectivity index (χ3v) is 5.27. The van der Waals surface area contributed by atoms with E-state index < -0.39 is 0 Å². The summed E-state index contributed by atoms with van der Waals surface area (Å²) in [6.45, 7) is 3.10. The first kappa shape index (κ1) is 20.2. The smallest absolute Gasteiger partial charge is 0.220 e. The minimum absolute atomic E-state index is 0.0252. The van der Waals surface area contributed by atoms with Crippen molar-refractivity contribution in [3.63, 3.8) is 0 Å². The van der Waals surface area contributed by atoms with Crippen LogP contribution in [-0.2, 0) is 11.2 Å². The third kappa shape index (κ3) is 5.49. The van der Waals surface area contributed by atoms with E-state index in [9.17, 15) is 4.79 Å². The summed E-state index contributed by atoms with van der Waals surface area (Å²) < 4.78 is 10.6. The van der Waals surface area contributed by atoms with Crippen LogP contribution in [0.15, 0.2) is 48.5 Å². The van der Waals surface area contributed by atoms with Crippen molar-refractivity contribution < 1.29 is 14.3 Å². The van der Waals surface area contributed by atoms with Gasteiger partial charge in [-0.3, -0.25) is 4.79 Å². The van der Waals surface area contributed by atoms with Crippen LogP contribution in [-0.4, -0.2) is 44.7 Å². The van der Waals surface area contributed by atoms with Crippen LogP contribution in [0.3, 0.4) is 0 Å². The number of carbonyl (C=O) groups is 1. The zero-order valence-corrected chi connectivity index (χ0v) is 16.8. The monoisotopic (exact) mass is 382 g/mol. The average molecular weight is 383 g/mol. The zero-order chi connectivity index (χ0) is 19.8. The van der Waals surface area contributed by atoms with Gasteiger partial charge >= 0.3 is 0 Å². The Morgan fingerprint density at radius 1 is 1.04 bits per heavy atom. The highest BCUT2D eigenvalue weighted by atomic mass is 16.5. The molecule has 2 aromatic carbocycles. The number of carbonyl (C=O) groups excluding carboxylic acids is 1. The second-order valence-electron chi connectivity index (χ2n) is 7.23. The molecule has 1 heterocycles. The van der Waals surface area contributed by atoms with Crippen LogP contribution < -0.4 is 14.8 Å². The Kier molecular flexibility index (Phi) is 7.31. The van der Waals surface area contributed by atoms with E-state index in [2.05, 4.69) is 22.3 Å². The van der Waals surface area contributed by atoms with Crippen molar-refractivity contribution >= 4 is 5.91 Å². The number of rotatable bonds is 9. The summed E-state index contributed by atoms with van der Waals surface area (Å²) in [5.74, 6) is 1.46. The SMILES string of the molecule is COc1ccc(CCC(=O)NC(CN2CCCC2)c2ccccc2)cc1OC. The number of nitrogens with one attached hydrogen (secondary N) is 1. The van der Waals surface area contributed by atoms with Crippen LogP contribution >= 0.6 is 0 Å². The van der Waals surface area contributed by atoms with E-state index in [1.165, 1.54) is 12.8 Å². The molecule has 2 aromatic rings. The van der Waals surface area contributed by atoms with Crippen molar-refractivity contribution in [2.24, 2.45) is 0 Å². The maximum Gasteiger partial charge on any atom is 0.220 e. The summed E-state index contributed by atoms with van der Waals surface area (Å²) in [6, 6.07) is 16.1. The molecule has 1 amide bonds. The minimum atomic E-state index is 0.0252. The Morgan fingerprint density at radius 2 is 1.75 bits per heavy atom. The molecule has 0 saturated carbocycles. The number of hydrogen-bond acceptors (Lipinski definition) is 4. The van der Waals surface area contributed by atoms with Gasteiger partial charge in [0.15, 0.2) is 11.5 Å². The van der Waals surface area contributed by atoms with Gasteiger partial charge in [-0.1, -0.05) is 36.4 Å². The van der Waals surface area contributed by atoms with E-state index in [0.717, 1.165) is 30.8 Å². The molecule has 3 rings (SSSR count). The number of benzene rings is 2. The van der Waals surface area contributed by atoms with Gasteiger partial charge < -0.3 is 19.7 Å². The fourth-order valence-electron chi connectivity index (χ4n) is 3.70. The molecule has 1 atom stereocenters. The molecular formula is C23H30N2O3. The van der Waals surface area contributed by atoms with Gasteiger partial charge in [-0.2, -0.15) is 0 Å². The second kappa shape index (κ2) is 10.1. The van der Waals surface area contributed by atoms with Gasteiger partial charge in [0.1, 0.15) is 0 Å². The number of amides is 1. The van der Waals surface area contributed by atoms with Crippen molar-refractivity contribution in [3.05, 3.63) is 59.7 Å². The Hall–Kier alpha value is -2.53. The Labute approximate surface area is 167 Å². The highest BCUT2D eigenvalue weighted by Crippen LogP contribution is 2.28. The maximum atomic E-state index is 12.7. The molecular weight excluding hydrogens is 352 g/mol. The molecule has 1 fully saturated rings. The van der Waals surface area contributed by atoms with Crippen LogP contribution in [0.2, 0.25) is 0 Å². The van der Waals surface area contributed by atoms with Gasteiger partial charge in [0.2, 0.25) is 5.91 Å². The molecule has 1 N–H and O–H groups in total. The Morgan fingerprint density at radius 3 is 2.43 bits per heavy atom. The van der Waals surface area contributed by atoms with Gasteiger partial charge in [-0.25, -0.2) is 0 Å². The van der Waals surface area contributed by atoms with Crippen LogP contribution in [0.4, 0.5) is 0 Å². The van der Waals surface area contributed by atoms with Crippen LogP contribution in [0.5, 0.6) is 11.5 Å². The molecule has 0 bridgehead atoms. The molecule has 5 heteroatoms. The molecule has 0 aliphatic carbocycles.